The minimum absolute atomic E-state index is 0.254. The zero-order chi connectivity index (χ0) is 22.3. The molecule has 1 aliphatic heterocycles. The Kier molecular flexibility index (Phi) is 5.42. The highest BCUT2D eigenvalue weighted by atomic mass is 35.5. The van der Waals surface area contributed by atoms with Crippen molar-refractivity contribution in [2.75, 3.05) is 10.2 Å². The van der Waals surface area contributed by atoms with Gasteiger partial charge in [-0.3, -0.25) is 9.59 Å². The molecule has 156 valence electrons. The first-order chi connectivity index (χ1) is 14.8. The quantitative estimate of drug-likeness (QED) is 0.518. The lowest BCUT2D eigenvalue weighted by Gasteiger charge is -2.16. The predicted molar refractivity (Wildman–Crippen MR) is 126 cm³/mol. The molecule has 1 N–H and O–H groups in total. The largest absolute Gasteiger partial charge is 0.350 e. The maximum absolute atomic E-state index is 13.6. The van der Waals surface area contributed by atoms with Gasteiger partial charge in [0, 0.05) is 10.7 Å². The van der Waals surface area contributed by atoms with Crippen molar-refractivity contribution in [1.29, 1.82) is 0 Å². The summed E-state index contributed by atoms with van der Waals surface area (Å²) in [5.74, 6) is -0.727. The maximum Gasteiger partial charge on any atom is 0.282 e. The first-order valence-electron chi connectivity index (χ1n) is 10.1. The fraction of sp³-hybridized carbons (Fsp3) is 0.154. The Bertz CT molecular complexity index is 1260. The Balaban J connectivity index is 1.89. The zero-order valence-electron chi connectivity index (χ0n) is 17.9. The molecule has 4 rings (SSSR count). The van der Waals surface area contributed by atoms with Gasteiger partial charge in [0.05, 0.1) is 11.3 Å². The summed E-state index contributed by atoms with van der Waals surface area (Å²) in [5.41, 5.74) is 6.52. The van der Waals surface area contributed by atoms with Gasteiger partial charge in [-0.15, -0.1) is 0 Å². The lowest BCUT2D eigenvalue weighted by molar-refractivity contribution is -0.120. The van der Waals surface area contributed by atoms with E-state index >= 15 is 0 Å². The van der Waals surface area contributed by atoms with Gasteiger partial charge in [-0.2, -0.15) is 0 Å². The number of carbonyl (C=O) groups is 2. The average molecular weight is 431 g/mol. The van der Waals surface area contributed by atoms with E-state index in [-0.39, 0.29) is 17.5 Å². The summed E-state index contributed by atoms with van der Waals surface area (Å²) in [6.07, 6.45) is 0. The number of hydrogen-bond acceptors (Lipinski definition) is 3. The molecule has 31 heavy (non-hydrogen) atoms. The summed E-state index contributed by atoms with van der Waals surface area (Å²) >= 11 is 6.19. The molecule has 0 saturated carbocycles. The summed E-state index contributed by atoms with van der Waals surface area (Å²) in [4.78, 5) is 28.4. The molecule has 1 aliphatic rings. The van der Waals surface area contributed by atoms with Crippen LogP contribution in [0.3, 0.4) is 0 Å². The number of benzene rings is 3. The van der Waals surface area contributed by atoms with Gasteiger partial charge in [0.25, 0.3) is 11.8 Å². The van der Waals surface area contributed by atoms with E-state index in [1.807, 2.05) is 70.2 Å². The number of carbonyl (C=O) groups excluding carboxylic acids is 2. The topological polar surface area (TPSA) is 49.4 Å². The average Bonchev–Trinajstić information content (AvgIpc) is 2.95. The predicted octanol–water partition coefficient (Wildman–Crippen LogP) is 5.97. The Hall–Kier alpha value is -3.37. The van der Waals surface area contributed by atoms with Gasteiger partial charge >= 0.3 is 0 Å². The molecule has 0 saturated heterocycles. The number of anilines is 2. The Morgan fingerprint density at radius 3 is 2.23 bits per heavy atom. The molecule has 1 heterocycles. The van der Waals surface area contributed by atoms with Gasteiger partial charge in [0.1, 0.15) is 5.70 Å². The van der Waals surface area contributed by atoms with Crippen LogP contribution in [0.25, 0.3) is 5.57 Å². The molecule has 5 heteroatoms. The zero-order valence-corrected chi connectivity index (χ0v) is 18.7. The third-order valence-corrected chi connectivity index (χ3v) is 5.69. The van der Waals surface area contributed by atoms with Crippen LogP contribution < -0.4 is 10.2 Å². The van der Waals surface area contributed by atoms with Gasteiger partial charge in [-0.25, -0.2) is 4.90 Å². The molecule has 0 aromatic heterocycles. The monoisotopic (exact) mass is 430 g/mol. The molecule has 2 amide bonds. The van der Waals surface area contributed by atoms with Gasteiger partial charge in [-0.05, 0) is 74.2 Å². The van der Waals surface area contributed by atoms with Crippen molar-refractivity contribution in [2.24, 2.45) is 0 Å². The van der Waals surface area contributed by atoms with E-state index in [1.54, 1.807) is 18.2 Å². The minimum Gasteiger partial charge on any atom is -0.350 e. The van der Waals surface area contributed by atoms with Crippen LogP contribution in [0, 0.1) is 27.7 Å². The second-order valence-corrected chi connectivity index (χ2v) is 8.37. The third-order valence-electron chi connectivity index (χ3n) is 5.45. The molecule has 0 spiro atoms. The van der Waals surface area contributed by atoms with E-state index in [9.17, 15) is 9.59 Å². The number of amides is 2. The van der Waals surface area contributed by atoms with E-state index in [1.165, 1.54) is 4.90 Å². The van der Waals surface area contributed by atoms with Crippen molar-refractivity contribution in [1.82, 2.24) is 0 Å². The number of rotatable bonds is 4. The molecule has 0 fully saturated rings. The van der Waals surface area contributed by atoms with Crippen LogP contribution in [0.5, 0.6) is 0 Å². The van der Waals surface area contributed by atoms with Gasteiger partial charge in [-0.1, -0.05) is 53.6 Å². The Morgan fingerprint density at radius 2 is 1.52 bits per heavy atom. The van der Waals surface area contributed by atoms with Crippen molar-refractivity contribution in [3.05, 3.63) is 99.2 Å². The van der Waals surface area contributed by atoms with Crippen LogP contribution in [-0.4, -0.2) is 11.8 Å². The molecule has 3 aromatic carbocycles. The molecule has 0 aliphatic carbocycles. The van der Waals surface area contributed by atoms with E-state index < -0.39 is 0 Å². The van der Waals surface area contributed by atoms with Crippen LogP contribution >= 0.6 is 11.6 Å². The first-order valence-corrected chi connectivity index (χ1v) is 10.4. The molecular weight excluding hydrogens is 408 g/mol. The van der Waals surface area contributed by atoms with Crippen LogP contribution in [-0.2, 0) is 9.59 Å². The SMILES string of the molecule is Cc1cccc(N2C(=O)C(Nc3cc(Cl)ccc3C)=C(c3ccc(C)cc3C)C2=O)c1. The number of nitrogens with zero attached hydrogens (tertiary/aromatic N) is 1. The lowest BCUT2D eigenvalue weighted by Crippen LogP contribution is -2.32. The summed E-state index contributed by atoms with van der Waals surface area (Å²) in [7, 11) is 0. The normalized spacial score (nSPS) is 13.9. The summed E-state index contributed by atoms with van der Waals surface area (Å²) in [6.45, 7) is 7.81. The molecule has 0 unspecified atom stereocenters. The van der Waals surface area contributed by atoms with Crippen LogP contribution in [0.4, 0.5) is 11.4 Å². The molecular formula is C26H23ClN2O2. The van der Waals surface area contributed by atoms with Gasteiger partial charge in [0.15, 0.2) is 0 Å². The number of halogens is 1. The highest BCUT2D eigenvalue weighted by Gasteiger charge is 2.40. The van der Waals surface area contributed by atoms with Crippen LogP contribution in [0.2, 0.25) is 5.02 Å². The van der Waals surface area contributed by atoms with Crippen LogP contribution in [0.15, 0.2) is 66.4 Å². The fourth-order valence-electron chi connectivity index (χ4n) is 3.85. The molecule has 0 radical (unpaired) electrons. The Labute approximate surface area is 187 Å². The van der Waals surface area contributed by atoms with Gasteiger partial charge in [0.2, 0.25) is 0 Å². The molecule has 0 atom stereocenters. The maximum atomic E-state index is 13.6. The standard InChI is InChI=1S/C26H23ClN2O2/c1-15-6-5-7-20(13-15)29-25(30)23(21-11-8-16(2)12-18(21)4)24(26(29)31)28-22-14-19(27)10-9-17(22)3/h5-14,28H,1-4H3. The highest BCUT2D eigenvalue weighted by Crippen LogP contribution is 2.36. The highest BCUT2D eigenvalue weighted by molar-refractivity contribution is 6.46. The fourth-order valence-corrected chi connectivity index (χ4v) is 4.03. The minimum atomic E-state index is -0.384. The number of nitrogens with one attached hydrogen (secondary N) is 1. The van der Waals surface area contributed by atoms with Crippen molar-refractivity contribution in [2.45, 2.75) is 27.7 Å². The lowest BCUT2D eigenvalue weighted by atomic mass is 9.97. The van der Waals surface area contributed by atoms with Crippen molar-refractivity contribution in [3.63, 3.8) is 0 Å². The second kappa shape index (κ2) is 8.05. The molecule has 3 aromatic rings. The van der Waals surface area contributed by atoms with Crippen molar-refractivity contribution in [3.8, 4) is 0 Å². The number of aryl methyl sites for hydroxylation is 4. The first kappa shape index (κ1) is 20.9. The van der Waals surface area contributed by atoms with Crippen molar-refractivity contribution < 1.29 is 9.59 Å². The third kappa shape index (κ3) is 3.87. The second-order valence-electron chi connectivity index (χ2n) is 7.94. The van der Waals surface area contributed by atoms with E-state index in [4.69, 9.17) is 11.6 Å². The molecule has 0 bridgehead atoms. The number of hydrogen-bond donors (Lipinski definition) is 1. The summed E-state index contributed by atoms with van der Waals surface area (Å²) < 4.78 is 0. The van der Waals surface area contributed by atoms with E-state index in [0.29, 0.717) is 22.0 Å². The van der Waals surface area contributed by atoms with E-state index in [0.717, 1.165) is 27.8 Å². The van der Waals surface area contributed by atoms with Crippen LogP contribution in [0.1, 0.15) is 27.8 Å². The smallest absolute Gasteiger partial charge is 0.282 e. The summed E-state index contributed by atoms with van der Waals surface area (Å²) in [5, 5.41) is 3.77. The van der Waals surface area contributed by atoms with Crippen molar-refractivity contribution >= 4 is 40.4 Å². The number of imide groups is 1. The van der Waals surface area contributed by atoms with Gasteiger partial charge < -0.3 is 5.32 Å². The Morgan fingerprint density at radius 1 is 0.774 bits per heavy atom. The summed E-state index contributed by atoms with van der Waals surface area (Å²) in [6, 6.07) is 18.7. The molecule has 4 nitrogen and oxygen atoms in total. The van der Waals surface area contributed by atoms with E-state index in [2.05, 4.69) is 5.32 Å².